The molecular formula is C30H31NSe. The van der Waals surface area contributed by atoms with Crippen LogP contribution in [-0.2, 0) is 11.8 Å². The average molecular weight is 485 g/mol. The van der Waals surface area contributed by atoms with Gasteiger partial charge >= 0.3 is 198 Å². The van der Waals surface area contributed by atoms with E-state index in [2.05, 4.69) is 102 Å². The monoisotopic (exact) mass is 485 g/mol. The van der Waals surface area contributed by atoms with Crippen molar-refractivity contribution >= 4 is 44.6 Å². The van der Waals surface area contributed by atoms with E-state index in [9.17, 15) is 0 Å². The van der Waals surface area contributed by atoms with Gasteiger partial charge in [-0.2, -0.15) is 0 Å². The molecule has 0 saturated carbocycles. The van der Waals surface area contributed by atoms with Gasteiger partial charge < -0.3 is 0 Å². The normalized spacial score (nSPS) is 12.8. The Labute approximate surface area is 197 Å². The van der Waals surface area contributed by atoms with Gasteiger partial charge in [0.05, 0.1) is 0 Å². The molecule has 3 aromatic carbocycles. The summed E-state index contributed by atoms with van der Waals surface area (Å²) in [5.74, 6) is 0. The van der Waals surface area contributed by atoms with Crippen molar-refractivity contribution in [1.82, 2.24) is 4.98 Å². The molecule has 2 heteroatoms. The second-order valence-electron chi connectivity index (χ2n) is 11.2. The van der Waals surface area contributed by atoms with Gasteiger partial charge in [0.15, 0.2) is 0 Å². The van der Waals surface area contributed by atoms with E-state index in [0.717, 1.165) is 12.1 Å². The molecule has 5 rings (SSSR count). The first-order valence-electron chi connectivity index (χ1n) is 11.4. The number of benzene rings is 3. The molecule has 0 bridgehead atoms. The molecule has 0 unspecified atom stereocenters. The summed E-state index contributed by atoms with van der Waals surface area (Å²) in [6.07, 6.45) is 3.10. The van der Waals surface area contributed by atoms with Crippen LogP contribution in [0.25, 0.3) is 41.3 Å². The van der Waals surface area contributed by atoms with E-state index in [0.29, 0.717) is 5.41 Å². The van der Waals surface area contributed by atoms with Crippen molar-refractivity contribution in [3.05, 3.63) is 78.0 Å². The summed E-state index contributed by atoms with van der Waals surface area (Å²) in [4.78, 5) is 4.93. The van der Waals surface area contributed by atoms with Gasteiger partial charge in [-0.25, -0.2) is 0 Å². The molecule has 0 saturated heterocycles. The number of rotatable bonds is 2. The Morgan fingerprint density at radius 1 is 0.781 bits per heavy atom. The maximum absolute atomic E-state index is 4.93. The van der Waals surface area contributed by atoms with Crippen molar-refractivity contribution in [1.29, 1.82) is 0 Å². The Bertz CT molecular complexity index is 1460. The van der Waals surface area contributed by atoms with E-state index in [4.69, 9.17) is 4.98 Å². The summed E-state index contributed by atoms with van der Waals surface area (Å²) < 4.78 is 2.93. The molecule has 0 fully saturated rings. The van der Waals surface area contributed by atoms with Crippen LogP contribution in [0.4, 0.5) is 0 Å². The van der Waals surface area contributed by atoms with Crippen LogP contribution in [-0.4, -0.2) is 19.5 Å². The van der Waals surface area contributed by atoms with Crippen LogP contribution >= 0.6 is 0 Å². The molecule has 2 heterocycles. The SMILES string of the molecule is CC(C)(C)Cc1ccc2c(c1)[se]c1c(-c3cc(C(C)(C)C)c4ccccc4c3)nccc12. The second-order valence-corrected chi connectivity index (χ2v) is 13.4. The van der Waals surface area contributed by atoms with Gasteiger partial charge in [0.25, 0.3) is 0 Å². The van der Waals surface area contributed by atoms with Crippen LogP contribution < -0.4 is 0 Å². The van der Waals surface area contributed by atoms with Gasteiger partial charge in [-0.15, -0.1) is 0 Å². The van der Waals surface area contributed by atoms with Crippen molar-refractivity contribution in [2.24, 2.45) is 5.41 Å². The zero-order valence-electron chi connectivity index (χ0n) is 19.9. The summed E-state index contributed by atoms with van der Waals surface area (Å²) in [5.41, 5.74) is 5.61. The van der Waals surface area contributed by atoms with Crippen molar-refractivity contribution in [2.45, 2.75) is 53.4 Å². The number of hydrogen-bond acceptors (Lipinski definition) is 1. The maximum atomic E-state index is 4.93. The Balaban J connectivity index is 1.74. The van der Waals surface area contributed by atoms with Crippen LogP contribution in [0.3, 0.4) is 0 Å². The molecule has 0 N–H and O–H groups in total. The van der Waals surface area contributed by atoms with E-state index in [-0.39, 0.29) is 19.9 Å². The van der Waals surface area contributed by atoms with Crippen molar-refractivity contribution in [3.63, 3.8) is 0 Å². The molecule has 0 aliphatic carbocycles. The molecule has 0 spiro atoms. The van der Waals surface area contributed by atoms with E-state index in [1.165, 1.54) is 46.8 Å². The summed E-state index contributed by atoms with van der Waals surface area (Å²) in [7, 11) is 0. The molecule has 162 valence electrons. The quantitative estimate of drug-likeness (QED) is 0.230. The fourth-order valence-electron chi connectivity index (χ4n) is 4.74. The molecule has 0 aliphatic heterocycles. The summed E-state index contributed by atoms with van der Waals surface area (Å²) in [5, 5.41) is 5.41. The molecule has 0 aliphatic rings. The van der Waals surface area contributed by atoms with Crippen LogP contribution in [0.15, 0.2) is 66.9 Å². The average Bonchev–Trinajstić information content (AvgIpc) is 3.08. The molecule has 5 aromatic rings. The Morgan fingerprint density at radius 3 is 2.31 bits per heavy atom. The Kier molecular flexibility index (Phi) is 5.08. The molecule has 0 radical (unpaired) electrons. The molecule has 1 nitrogen and oxygen atoms in total. The van der Waals surface area contributed by atoms with Crippen LogP contribution in [0.2, 0.25) is 0 Å². The number of pyridine rings is 1. The first-order chi connectivity index (χ1) is 15.1. The van der Waals surface area contributed by atoms with Gasteiger partial charge in [-0.1, -0.05) is 0 Å². The van der Waals surface area contributed by atoms with E-state index >= 15 is 0 Å². The second kappa shape index (κ2) is 7.58. The Morgan fingerprint density at radius 2 is 1.56 bits per heavy atom. The predicted octanol–water partition coefficient (Wildman–Crippen LogP) is 8.15. The number of aromatic nitrogens is 1. The number of hydrogen-bond donors (Lipinski definition) is 0. The van der Waals surface area contributed by atoms with Gasteiger partial charge in [0, 0.05) is 0 Å². The fraction of sp³-hybridized carbons (Fsp3) is 0.300. The van der Waals surface area contributed by atoms with E-state index < -0.39 is 0 Å². The minimum absolute atomic E-state index is 0.0729. The predicted molar refractivity (Wildman–Crippen MR) is 141 cm³/mol. The summed E-state index contributed by atoms with van der Waals surface area (Å²) in [6.45, 7) is 13.9. The first-order valence-corrected chi connectivity index (χ1v) is 13.2. The van der Waals surface area contributed by atoms with Crippen molar-refractivity contribution in [3.8, 4) is 11.3 Å². The van der Waals surface area contributed by atoms with Gasteiger partial charge in [0.2, 0.25) is 0 Å². The van der Waals surface area contributed by atoms with Crippen molar-refractivity contribution in [2.75, 3.05) is 0 Å². The molecule has 32 heavy (non-hydrogen) atoms. The zero-order valence-corrected chi connectivity index (χ0v) is 21.6. The van der Waals surface area contributed by atoms with Crippen molar-refractivity contribution < 1.29 is 0 Å². The number of fused-ring (bicyclic) bond motifs is 4. The number of nitrogens with zero attached hydrogens (tertiary/aromatic N) is 1. The zero-order chi connectivity index (χ0) is 22.7. The van der Waals surface area contributed by atoms with Gasteiger partial charge in [-0.3, -0.25) is 0 Å². The fourth-order valence-corrected chi connectivity index (χ4v) is 7.41. The standard InChI is InChI=1S/C30H31NSe/c1-29(2,3)18-19-11-12-23-24-13-14-31-27(28(24)32-26(23)15-19)21-16-20-9-7-8-10-22(20)25(17-21)30(4,5)6/h7-17H,18H2,1-6H3. The third-order valence-corrected chi connectivity index (χ3v) is 8.60. The van der Waals surface area contributed by atoms with Gasteiger partial charge in [-0.05, 0) is 0 Å². The topological polar surface area (TPSA) is 12.9 Å². The molecule has 2 aromatic heterocycles. The van der Waals surface area contributed by atoms with Crippen LogP contribution in [0.5, 0.6) is 0 Å². The minimum atomic E-state index is 0.0729. The Hall–Kier alpha value is -2.41. The third-order valence-electron chi connectivity index (χ3n) is 6.13. The molecule has 0 atom stereocenters. The van der Waals surface area contributed by atoms with Crippen LogP contribution in [0.1, 0.15) is 52.7 Å². The summed E-state index contributed by atoms with van der Waals surface area (Å²) in [6, 6.07) is 22.8. The first kappa shape index (κ1) is 21.4. The van der Waals surface area contributed by atoms with Gasteiger partial charge in [0.1, 0.15) is 0 Å². The summed E-state index contributed by atoms with van der Waals surface area (Å²) >= 11 is 0.274. The van der Waals surface area contributed by atoms with E-state index in [1.807, 2.05) is 6.20 Å². The van der Waals surface area contributed by atoms with Crippen LogP contribution in [0, 0.1) is 5.41 Å². The third kappa shape index (κ3) is 3.91. The van der Waals surface area contributed by atoms with E-state index in [1.54, 1.807) is 0 Å². The molecule has 0 amide bonds. The molecular weight excluding hydrogens is 453 g/mol.